The third kappa shape index (κ3) is 3.31. The maximum atomic E-state index is 11.2. The molecule has 0 bridgehead atoms. The van der Waals surface area contributed by atoms with E-state index in [9.17, 15) is 9.59 Å². The van der Waals surface area contributed by atoms with E-state index in [-0.39, 0.29) is 6.03 Å². The van der Waals surface area contributed by atoms with Crippen molar-refractivity contribution in [3.05, 3.63) is 0 Å². The minimum absolute atomic E-state index is 0.0114. The van der Waals surface area contributed by atoms with Crippen LogP contribution in [0.4, 0.5) is 4.79 Å². The number of amides is 3. The molecule has 0 aromatic rings. The Labute approximate surface area is 77.5 Å². The molecule has 5 nitrogen and oxygen atoms in total. The summed E-state index contributed by atoms with van der Waals surface area (Å²) < 4.78 is 0. The summed E-state index contributed by atoms with van der Waals surface area (Å²) in [5.41, 5.74) is 0. The first-order valence-corrected chi connectivity index (χ1v) is 4.54. The fourth-order valence-corrected chi connectivity index (χ4v) is 1.32. The lowest BCUT2D eigenvalue weighted by Gasteiger charge is -2.27. The molecule has 3 amide bonds. The first-order chi connectivity index (χ1) is 6.34. The van der Waals surface area contributed by atoms with Crippen molar-refractivity contribution in [2.24, 2.45) is 0 Å². The van der Waals surface area contributed by atoms with Crippen LogP contribution >= 0.6 is 0 Å². The van der Waals surface area contributed by atoms with Crippen LogP contribution < -0.4 is 10.6 Å². The Kier molecular flexibility index (Phi) is 4.08. The molecule has 0 saturated carbocycles. The summed E-state index contributed by atoms with van der Waals surface area (Å²) in [6, 6.07) is 0.0114. The molecule has 1 aliphatic rings. The van der Waals surface area contributed by atoms with Crippen LogP contribution in [0.5, 0.6) is 0 Å². The fourth-order valence-electron chi connectivity index (χ4n) is 1.32. The highest BCUT2D eigenvalue weighted by molar-refractivity contribution is 5.74. The number of hydrogen-bond acceptors (Lipinski definition) is 2. The summed E-state index contributed by atoms with van der Waals surface area (Å²) in [7, 11) is 0. The molecule has 0 aliphatic carbocycles. The average molecular weight is 185 g/mol. The van der Waals surface area contributed by atoms with Gasteiger partial charge in [-0.2, -0.15) is 0 Å². The summed E-state index contributed by atoms with van der Waals surface area (Å²) in [5.74, 6) is 0. The van der Waals surface area contributed by atoms with Crippen LogP contribution in [0.3, 0.4) is 0 Å². The molecule has 1 aliphatic heterocycles. The van der Waals surface area contributed by atoms with Gasteiger partial charge in [0.2, 0.25) is 6.41 Å². The van der Waals surface area contributed by atoms with Crippen molar-refractivity contribution >= 4 is 12.4 Å². The summed E-state index contributed by atoms with van der Waals surface area (Å²) in [6.45, 7) is 2.95. The lowest BCUT2D eigenvalue weighted by atomic mass is 10.3. The van der Waals surface area contributed by atoms with Crippen LogP contribution in [0.2, 0.25) is 0 Å². The molecule has 0 spiro atoms. The molecule has 0 unspecified atom stereocenters. The largest absolute Gasteiger partial charge is 0.359 e. The summed E-state index contributed by atoms with van der Waals surface area (Å²) in [6.07, 6.45) is 2.50. The van der Waals surface area contributed by atoms with Gasteiger partial charge in [0.15, 0.2) is 0 Å². The normalized spacial score (nSPS) is 16.6. The third-order valence-electron chi connectivity index (χ3n) is 2.00. The van der Waals surface area contributed by atoms with Gasteiger partial charge in [0.1, 0.15) is 0 Å². The Balaban J connectivity index is 2.11. The van der Waals surface area contributed by atoms with Crippen LogP contribution in [0.25, 0.3) is 0 Å². The fraction of sp³-hybridized carbons (Fsp3) is 0.750. The standard InChI is InChI=1S/C8H15N3O2/c12-7-9-3-1-5-11-6-2-4-10-8(11)13/h7H,1-6H2,(H,9,12)(H,10,13). The molecule has 1 saturated heterocycles. The molecule has 1 fully saturated rings. The lowest BCUT2D eigenvalue weighted by Crippen LogP contribution is -2.47. The van der Waals surface area contributed by atoms with E-state index in [2.05, 4.69) is 10.6 Å². The number of carbonyl (C=O) groups is 2. The molecule has 0 atom stereocenters. The lowest BCUT2D eigenvalue weighted by molar-refractivity contribution is -0.109. The monoisotopic (exact) mass is 185 g/mol. The summed E-state index contributed by atoms with van der Waals surface area (Å²) in [4.78, 5) is 22.9. The van der Waals surface area contributed by atoms with Crippen LogP contribution in [-0.4, -0.2) is 43.5 Å². The van der Waals surface area contributed by atoms with Crippen molar-refractivity contribution in [2.75, 3.05) is 26.2 Å². The van der Waals surface area contributed by atoms with Gasteiger partial charge in [-0.1, -0.05) is 0 Å². The van der Waals surface area contributed by atoms with Crippen molar-refractivity contribution in [3.8, 4) is 0 Å². The van der Waals surface area contributed by atoms with Gasteiger partial charge in [-0.25, -0.2) is 4.79 Å². The second-order valence-corrected chi connectivity index (χ2v) is 3.00. The minimum atomic E-state index is 0.0114. The van der Waals surface area contributed by atoms with E-state index < -0.39 is 0 Å². The van der Waals surface area contributed by atoms with Crippen LogP contribution in [0, 0.1) is 0 Å². The van der Waals surface area contributed by atoms with Crippen molar-refractivity contribution in [2.45, 2.75) is 12.8 Å². The Morgan fingerprint density at radius 2 is 2.46 bits per heavy atom. The van der Waals surface area contributed by atoms with E-state index in [1.807, 2.05) is 0 Å². The first-order valence-electron chi connectivity index (χ1n) is 4.54. The maximum absolute atomic E-state index is 11.2. The van der Waals surface area contributed by atoms with Gasteiger partial charge in [0, 0.05) is 26.2 Å². The van der Waals surface area contributed by atoms with E-state index in [1.54, 1.807) is 4.90 Å². The molecular weight excluding hydrogens is 170 g/mol. The van der Waals surface area contributed by atoms with Crippen LogP contribution in [0.15, 0.2) is 0 Å². The molecule has 13 heavy (non-hydrogen) atoms. The Morgan fingerprint density at radius 3 is 3.15 bits per heavy atom. The van der Waals surface area contributed by atoms with Gasteiger partial charge in [0.05, 0.1) is 0 Å². The van der Waals surface area contributed by atoms with E-state index in [0.717, 1.165) is 25.9 Å². The smallest absolute Gasteiger partial charge is 0.317 e. The van der Waals surface area contributed by atoms with E-state index in [4.69, 9.17) is 0 Å². The quantitative estimate of drug-likeness (QED) is 0.449. The zero-order valence-corrected chi connectivity index (χ0v) is 7.58. The van der Waals surface area contributed by atoms with Gasteiger partial charge in [0.25, 0.3) is 0 Å². The average Bonchev–Trinajstić information content (AvgIpc) is 2.15. The first kappa shape index (κ1) is 9.83. The summed E-state index contributed by atoms with van der Waals surface area (Å²) in [5, 5.41) is 5.33. The van der Waals surface area contributed by atoms with Crippen molar-refractivity contribution in [1.82, 2.24) is 15.5 Å². The van der Waals surface area contributed by atoms with E-state index in [1.165, 1.54) is 0 Å². The van der Waals surface area contributed by atoms with Crippen molar-refractivity contribution < 1.29 is 9.59 Å². The SMILES string of the molecule is O=CNCCCN1CCCNC1=O. The Bertz CT molecular complexity index is 184. The zero-order valence-electron chi connectivity index (χ0n) is 7.58. The minimum Gasteiger partial charge on any atom is -0.359 e. The third-order valence-corrected chi connectivity index (χ3v) is 2.00. The number of carbonyl (C=O) groups excluding carboxylic acids is 2. The number of hydrogen-bond donors (Lipinski definition) is 2. The topological polar surface area (TPSA) is 61.4 Å². The van der Waals surface area contributed by atoms with Crippen LogP contribution in [-0.2, 0) is 4.79 Å². The van der Waals surface area contributed by atoms with Crippen LogP contribution in [0.1, 0.15) is 12.8 Å². The highest BCUT2D eigenvalue weighted by Crippen LogP contribution is 1.99. The highest BCUT2D eigenvalue weighted by Gasteiger charge is 2.15. The van der Waals surface area contributed by atoms with Gasteiger partial charge >= 0.3 is 6.03 Å². The number of nitrogens with zero attached hydrogens (tertiary/aromatic N) is 1. The van der Waals surface area contributed by atoms with Gasteiger partial charge < -0.3 is 15.5 Å². The molecular formula is C8H15N3O2. The molecule has 5 heteroatoms. The number of nitrogens with one attached hydrogen (secondary N) is 2. The van der Waals surface area contributed by atoms with E-state index in [0.29, 0.717) is 19.5 Å². The maximum Gasteiger partial charge on any atom is 0.317 e. The summed E-state index contributed by atoms with van der Waals surface area (Å²) >= 11 is 0. The van der Waals surface area contributed by atoms with Gasteiger partial charge in [-0.05, 0) is 12.8 Å². The second-order valence-electron chi connectivity index (χ2n) is 3.00. The molecule has 74 valence electrons. The van der Waals surface area contributed by atoms with E-state index >= 15 is 0 Å². The molecule has 0 radical (unpaired) electrons. The molecule has 1 rings (SSSR count). The molecule has 0 aromatic heterocycles. The van der Waals surface area contributed by atoms with Crippen molar-refractivity contribution in [3.63, 3.8) is 0 Å². The predicted molar refractivity (Wildman–Crippen MR) is 48.3 cm³/mol. The molecule has 1 heterocycles. The highest BCUT2D eigenvalue weighted by atomic mass is 16.2. The predicted octanol–water partition coefficient (Wildman–Crippen LogP) is -0.462. The molecule has 2 N–H and O–H groups in total. The number of urea groups is 1. The number of rotatable bonds is 5. The van der Waals surface area contributed by atoms with Gasteiger partial charge in [-0.3, -0.25) is 4.79 Å². The molecule has 0 aromatic carbocycles. The Morgan fingerprint density at radius 1 is 1.62 bits per heavy atom. The van der Waals surface area contributed by atoms with Gasteiger partial charge in [-0.15, -0.1) is 0 Å². The van der Waals surface area contributed by atoms with Crippen molar-refractivity contribution in [1.29, 1.82) is 0 Å². The second kappa shape index (κ2) is 5.40. The zero-order chi connectivity index (χ0) is 9.52. The Hall–Kier alpha value is -1.26.